The molecule has 66 valence electrons. The Kier molecular flexibility index (Phi) is 2.80. The van der Waals surface area contributed by atoms with Crippen LogP contribution in [0.2, 0.25) is 10.2 Å². The number of hydrogen-bond donors (Lipinski definition) is 0. The largest absolute Gasteiger partial charge is 0.282 e. The van der Waals surface area contributed by atoms with E-state index in [0.29, 0.717) is 0 Å². The summed E-state index contributed by atoms with van der Waals surface area (Å²) in [6.45, 7) is 1.47. The summed E-state index contributed by atoms with van der Waals surface area (Å²) in [5.41, 5.74) is -0.519. The van der Waals surface area contributed by atoms with Crippen LogP contribution in [0.4, 0.5) is 8.78 Å². The van der Waals surface area contributed by atoms with Gasteiger partial charge in [0.25, 0.3) is 6.43 Å². The first kappa shape index (κ1) is 9.61. The van der Waals surface area contributed by atoms with Crippen LogP contribution in [0.15, 0.2) is 0 Å². The van der Waals surface area contributed by atoms with Crippen molar-refractivity contribution in [1.82, 2.24) is 9.97 Å². The van der Waals surface area contributed by atoms with Crippen molar-refractivity contribution in [3.63, 3.8) is 0 Å². The number of halogens is 4. The van der Waals surface area contributed by atoms with Crippen molar-refractivity contribution in [2.45, 2.75) is 13.3 Å². The first-order chi connectivity index (χ1) is 5.52. The van der Waals surface area contributed by atoms with Crippen LogP contribution >= 0.6 is 23.2 Å². The maximum Gasteiger partial charge on any atom is 0.282 e. The molecule has 0 atom stereocenters. The molecule has 1 rings (SSSR count). The molecule has 0 unspecified atom stereocenters. The lowest BCUT2D eigenvalue weighted by molar-refractivity contribution is 0.146. The van der Waals surface area contributed by atoms with Crippen molar-refractivity contribution >= 4 is 23.2 Å². The minimum atomic E-state index is -2.73. The lowest BCUT2D eigenvalue weighted by Gasteiger charge is -2.03. The predicted molar refractivity (Wildman–Crippen MR) is 41.7 cm³/mol. The van der Waals surface area contributed by atoms with Gasteiger partial charge in [-0.15, -0.1) is 0 Å². The van der Waals surface area contributed by atoms with E-state index >= 15 is 0 Å². The molecule has 0 saturated heterocycles. The zero-order chi connectivity index (χ0) is 9.30. The molecule has 0 aromatic carbocycles. The molecular formula is C6H4Cl2F2N2. The second kappa shape index (κ2) is 3.49. The van der Waals surface area contributed by atoms with Gasteiger partial charge in [-0.3, -0.25) is 0 Å². The molecule has 0 aliphatic carbocycles. The van der Waals surface area contributed by atoms with Gasteiger partial charge in [-0.1, -0.05) is 23.2 Å². The highest BCUT2D eigenvalue weighted by molar-refractivity contribution is 6.41. The summed E-state index contributed by atoms with van der Waals surface area (Å²) in [5, 5.41) is -0.420. The fourth-order valence-corrected chi connectivity index (χ4v) is 1.08. The van der Waals surface area contributed by atoms with Crippen molar-refractivity contribution in [3.8, 4) is 0 Å². The number of hydrogen-bond acceptors (Lipinski definition) is 2. The van der Waals surface area contributed by atoms with Crippen molar-refractivity contribution in [3.05, 3.63) is 21.7 Å². The molecule has 1 heterocycles. The van der Waals surface area contributed by atoms with E-state index < -0.39 is 12.1 Å². The Morgan fingerprint density at radius 1 is 1.25 bits per heavy atom. The highest BCUT2D eigenvalue weighted by atomic mass is 35.5. The van der Waals surface area contributed by atoms with Gasteiger partial charge in [0.2, 0.25) is 0 Å². The van der Waals surface area contributed by atoms with Crippen LogP contribution in [0.5, 0.6) is 0 Å². The van der Waals surface area contributed by atoms with Crippen LogP contribution in [-0.2, 0) is 0 Å². The summed E-state index contributed by atoms with van der Waals surface area (Å²) < 4.78 is 24.3. The Labute approximate surface area is 77.5 Å². The Balaban J connectivity index is 3.28. The molecule has 6 heteroatoms. The van der Waals surface area contributed by atoms with Crippen molar-refractivity contribution in [2.75, 3.05) is 0 Å². The third-order valence-electron chi connectivity index (χ3n) is 1.15. The molecule has 12 heavy (non-hydrogen) atoms. The van der Waals surface area contributed by atoms with Crippen LogP contribution in [0, 0.1) is 6.92 Å². The van der Waals surface area contributed by atoms with Crippen LogP contribution in [0.25, 0.3) is 0 Å². The highest BCUT2D eigenvalue weighted by Crippen LogP contribution is 2.29. The second-order valence-electron chi connectivity index (χ2n) is 2.06. The molecule has 0 saturated carbocycles. The summed E-state index contributed by atoms with van der Waals surface area (Å²) in [5.74, 6) is 0.180. The molecule has 1 aromatic rings. The molecule has 2 nitrogen and oxygen atoms in total. The van der Waals surface area contributed by atoms with Crippen molar-refractivity contribution in [1.29, 1.82) is 0 Å². The zero-order valence-electron chi connectivity index (χ0n) is 5.98. The fourth-order valence-electron chi connectivity index (χ4n) is 0.690. The number of aryl methyl sites for hydroxylation is 1. The smallest absolute Gasteiger partial charge is 0.231 e. The molecule has 0 N–H and O–H groups in total. The Morgan fingerprint density at radius 2 is 1.83 bits per heavy atom. The monoisotopic (exact) mass is 212 g/mol. The average molecular weight is 213 g/mol. The molecule has 0 amide bonds. The molecule has 0 spiro atoms. The van der Waals surface area contributed by atoms with Gasteiger partial charge in [-0.05, 0) is 6.92 Å². The summed E-state index contributed by atoms with van der Waals surface area (Å²) in [6, 6.07) is 0. The fraction of sp³-hybridized carbons (Fsp3) is 0.333. The van der Waals surface area contributed by atoms with Gasteiger partial charge in [-0.25, -0.2) is 18.7 Å². The van der Waals surface area contributed by atoms with E-state index in [1.807, 2.05) is 0 Å². The maximum atomic E-state index is 12.2. The van der Waals surface area contributed by atoms with Crippen LogP contribution < -0.4 is 0 Å². The summed E-state index contributed by atoms with van der Waals surface area (Å²) in [7, 11) is 0. The Morgan fingerprint density at radius 3 is 2.33 bits per heavy atom. The predicted octanol–water partition coefficient (Wildman–Crippen LogP) is 3.03. The van der Waals surface area contributed by atoms with Crippen molar-refractivity contribution < 1.29 is 8.78 Å². The van der Waals surface area contributed by atoms with E-state index in [1.165, 1.54) is 6.92 Å². The first-order valence-corrected chi connectivity index (χ1v) is 3.75. The SMILES string of the molecule is Cc1nc(Cl)c(Cl)c(C(F)F)n1. The zero-order valence-corrected chi connectivity index (χ0v) is 7.50. The third kappa shape index (κ3) is 1.81. The summed E-state index contributed by atoms with van der Waals surface area (Å²) >= 11 is 10.9. The van der Waals surface area contributed by atoms with Crippen LogP contribution in [0.3, 0.4) is 0 Å². The topological polar surface area (TPSA) is 25.8 Å². The van der Waals surface area contributed by atoms with Gasteiger partial charge < -0.3 is 0 Å². The summed E-state index contributed by atoms with van der Waals surface area (Å²) in [4.78, 5) is 7.06. The number of aromatic nitrogens is 2. The third-order valence-corrected chi connectivity index (χ3v) is 1.90. The minimum Gasteiger partial charge on any atom is -0.231 e. The highest BCUT2D eigenvalue weighted by Gasteiger charge is 2.17. The maximum absolute atomic E-state index is 12.2. The lowest BCUT2D eigenvalue weighted by atomic mass is 10.4. The summed E-state index contributed by atoms with van der Waals surface area (Å²) in [6.07, 6.45) is -2.73. The Bertz CT molecular complexity index is 304. The van der Waals surface area contributed by atoms with E-state index in [9.17, 15) is 8.78 Å². The standard InChI is InChI=1S/C6H4Cl2F2N2/c1-2-11-4(6(9)10)3(7)5(8)12-2/h6H,1H3. The van der Waals surface area contributed by atoms with E-state index in [1.54, 1.807) is 0 Å². The van der Waals surface area contributed by atoms with E-state index in [4.69, 9.17) is 23.2 Å². The van der Waals surface area contributed by atoms with Gasteiger partial charge in [0.15, 0.2) is 5.15 Å². The van der Waals surface area contributed by atoms with Gasteiger partial charge in [-0.2, -0.15) is 0 Å². The molecule has 0 aliphatic rings. The molecule has 0 bridgehead atoms. The lowest BCUT2D eigenvalue weighted by Crippen LogP contribution is -1.97. The molecule has 0 aliphatic heterocycles. The number of rotatable bonds is 1. The molecule has 1 aromatic heterocycles. The van der Waals surface area contributed by atoms with E-state index in [0.717, 1.165) is 0 Å². The molecular weight excluding hydrogens is 209 g/mol. The van der Waals surface area contributed by atoms with E-state index in [-0.39, 0.29) is 16.0 Å². The minimum absolute atomic E-state index is 0.139. The quantitative estimate of drug-likeness (QED) is 0.670. The molecule has 0 fully saturated rings. The molecule has 0 radical (unpaired) electrons. The average Bonchev–Trinajstić information content (AvgIpc) is 1.96. The first-order valence-electron chi connectivity index (χ1n) is 3.00. The van der Waals surface area contributed by atoms with Gasteiger partial charge in [0.1, 0.15) is 16.5 Å². The normalized spacial score (nSPS) is 10.8. The van der Waals surface area contributed by atoms with Crippen LogP contribution in [0.1, 0.15) is 17.9 Å². The van der Waals surface area contributed by atoms with Crippen molar-refractivity contribution in [2.24, 2.45) is 0 Å². The van der Waals surface area contributed by atoms with Gasteiger partial charge in [0.05, 0.1) is 0 Å². The number of nitrogens with zero attached hydrogens (tertiary/aromatic N) is 2. The Hall–Kier alpha value is -0.480. The second-order valence-corrected chi connectivity index (χ2v) is 2.80. The number of alkyl halides is 2. The van der Waals surface area contributed by atoms with E-state index in [2.05, 4.69) is 9.97 Å². The van der Waals surface area contributed by atoms with Gasteiger partial charge >= 0.3 is 0 Å². The van der Waals surface area contributed by atoms with Gasteiger partial charge in [0, 0.05) is 0 Å². The van der Waals surface area contributed by atoms with Crippen LogP contribution in [-0.4, -0.2) is 9.97 Å².